The lowest BCUT2D eigenvalue weighted by atomic mass is 10.2. The van der Waals surface area contributed by atoms with Crippen LogP contribution in [0.3, 0.4) is 0 Å². The molecule has 0 saturated carbocycles. The van der Waals surface area contributed by atoms with Gasteiger partial charge in [0.15, 0.2) is 0 Å². The topological polar surface area (TPSA) is 66.9 Å². The van der Waals surface area contributed by atoms with Gasteiger partial charge in [-0.1, -0.05) is 13.8 Å². The van der Waals surface area contributed by atoms with Crippen molar-refractivity contribution < 1.29 is 17.9 Å². The maximum absolute atomic E-state index is 12.6. The molecule has 7 heteroatoms. The predicted molar refractivity (Wildman–Crippen MR) is 72.8 cm³/mol. The van der Waals surface area contributed by atoms with Crippen LogP contribution in [0.1, 0.15) is 39.5 Å². The third kappa shape index (κ3) is 3.67. The molecule has 0 aromatic heterocycles. The number of esters is 1. The van der Waals surface area contributed by atoms with E-state index in [4.69, 9.17) is 4.74 Å². The Kier molecular flexibility index (Phi) is 6.22. The van der Waals surface area contributed by atoms with Crippen molar-refractivity contribution in [1.82, 2.24) is 8.61 Å². The van der Waals surface area contributed by atoms with Gasteiger partial charge in [-0.25, -0.2) is 0 Å². The second kappa shape index (κ2) is 7.21. The normalized spacial score (nSPS) is 20.9. The van der Waals surface area contributed by atoms with E-state index in [0.717, 1.165) is 12.8 Å². The molecule has 0 aromatic carbocycles. The minimum Gasteiger partial charge on any atom is -0.468 e. The van der Waals surface area contributed by atoms with E-state index in [1.807, 2.05) is 13.8 Å². The highest BCUT2D eigenvalue weighted by Gasteiger charge is 2.41. The van der Waals surface area contributed by atoms with Gasteiger partial charge in [-0.05, 0) is 25.7 Å². The van der Waals surface area contributed by atoms with E-state index >= 15 is 0 Å². The summed E-state index contributed by atoms with van der Waals surface area (Å²) >= 11 is 0. The van der Waals surface area contributed by atoms with Gasteiger partial charge >= 0.3 is 5.97 Å². The van der Waals surface area contributed by atoms with Gasteiger partial charge < -0.3 is 4.74 Å². The first-order valence-electron chi connectivity index (χ1n) is 6.83. The lowest BCUT2D eigenvalue weighted by Gasteiger charge is -2.29. The Morgan fingerprint density at radius 1 is 1.32 bits per heavy atom. The number of nitrogens with zero attached hydrogens (tertiary/aromatic N) is 2. The fraction of sp³-hybridized carbons (Fsp3) is 0.917. The second-order valence-electron chi connectivity index (χ2n) is 4.70. The number of ether oxygens (including phenoxy) is 1. The molecule has 1 aliphatic heterocycles. The van der Waals surface area contributed by atoms with Gasteiger partial charge in [0.05, 0.1) is 7.11 Å². The Hall–Kier alpha value is -0.660. The van der Waals surface area contributed by atoms with Crippen molar-refractivity contribution in [3.8, 4) is 0 Å². The van der Waals surface area contributed by atoms with Crippen molar-refractivity contribution in [1.29, 1.82) is 0 Å². The van der Waals surface area contributed by atoms with Crippen molar-refractivity contribution in [2.45, 2.75) is 45.6 Å². The Balaban J connectivity index is 2.93. The van der Waals surface area contributed by atoms with Crippen LogP contribution in [0.2, 0.25) is 0 Å². The smallest absolute Gasteiger partial charge is 0.324 e. The molecular formula is C12H24N2O4S. The molecule has 0 aromatic rings. The molecule has 0 aliphatic carbocycles. The first-order valence-corrected chi connectivity index (χ1v) is 8.23. The lowest BCUT2D eigenvalue weighted by Crippen LogP contribution is -2.49. The average Bonchev–Trinajstić information content (AvgIpc) is 2.87. The summed E-state index contributed by atoms with van der Waals surface area (Å²) in [4.78, 5) is 11.7. The maximum Gasteiger partial charge on any atom is 0.324 e. The molecule has 1 rings (SSSR count). The summed E-state index contributed by atoms with van der Waals surface area (Å²) in [7, 11) is -2.27. The zero-order chi connectivity index (χ0) is 14.5. The fourth-order valence-corrected chi connectivity index (χ4v) is 4.37. The van der Waals surface area contributed by atoms with Gasteiger partial charge in [-0.2, -0.15) is 17.0 Å². The van der Waals surface area contributed by atoms with Crippen molar-refractivity contribution in [3.05, 3.63) is 0 Å². The van der Waals surface area contributed by atoms with Crippen molar-refractivity contribution in [3.63, 3.8) is 0 Å². The summed E-state index contributed by atoms with van der Waals surface area (Å²) < 4.78 is 32.6. The van der Waals surface area contributed by atoms with E-state index < -0.39 is 22.2 Å². The first kappa shape index (κ1) is 16.4. The summed E-state index contributed by atoms with van der Waals surface area (Å²) in [6, 6.07) is -0.661. The Morgan fingerprint density at radius 3 is 2.37 bits per heavy atom. The van der Waals surface area contributed by atoms with E-state index in [1.54, 1.807) is 0 Å². The third-order valence-electron chi connectivity index (χ3n) is 3.25. The van der Waals surface area contributed by atoms with Crippen molar-refractivity contribution >= 4 is 16.2 Å². The molecule has 1 heterocycles. The van der Waals surface area contributed by atoms with Crippen LogP contribution >= 0.6 is 0 Å². The SMILES string of the molecule is CCCN(CCC)S(=O)(=O)N1CCCC1C(=O)OC. The molecule has 0 spiro atoms. The highest BCUT2D eigenvalue weighted by Crippen LogP contribution is 2.24. The van der Waals surface area contributed by atoms with E-state index in [1.165, 1.54) is 15.7 Å². The zero-order valence-electron chi connectivity index (χ0n) is 12.0. The highest BCUT2D eigenvalue weighted by atomic mass is 32.2. The van der Waals surface area contributed by atoms with Crippen molar-refractivity contribution in [2.24, 2.45) is 0 Å². The molecule has 0 radical (unpaired) electrons. The number of hydrogen-bond donors (Lipinski definition) is 0. The first-order chi connectivity index (χ1) is 8.98. The molecule has 1 atom stereocenters. The molecule has 6 nitrogen and oxygen atoms in total. The molecule has 0 amide bonds. The van der Waals surface area contributed by atoms with Crippen LogP contribution in [-0.4, -0.2) is 55.8 Å². The second-order valence-corrected chi connectivity index (χ2v) is 6.58. The Bertz CT molecular complexity index is 391. The van der Waals surface area contributed by atoms with Crippen LogP contribution in [0.25, 0.3) is 0 Å². The van der Waals surface area contributed by atoms with Gasteiger partial charge in [0.1, 0.15) is 6.04 Å². The molecule has 19 heavy (non-hydrogen) atoms. The number of carbonyl (C=O) groups is 1. The van der Waals surface area contributed by atoms with E-state index in [0.29, 0.717) is 32.5 Å². The quantitative estimate of drug-likeness (QED) is 0.656. The zero-order valence-corrected chi connectivity index (χ0v) is 12.8. The van der Waals surface area contributed by atoms with Crippen molar-refractivity contribution in [2.75, 3.05) is 26.7 Å². The largest absolute Gasteiger partial charge is 0.468 e. The van der Waals surface area contributed by atoms with Crippen LogP contribution < -0.4 is 0 Å². The summed E-state index contributed by atoms with van der Waals surface area (Å²) in [5.41, 5.74) is 0. The molecule has 1 fully saturated rings. The van der Waals surface area contributed by atoms with Gasteiger partial charge in [-0.3, -0.25) is 4.79 Å². The minimum atomic E-state index is -3.56. The van der Waals surface area contributed by atoms with Crippen LogP contribution in [0.15, 0.2) is 0 Å². The number of hydrogen-bond acceptors (Lipinski definition) is 4. The Morgan fingerprint density at radius 2 is 1.89 bits per heavy atom. The molecule has 1 unspecified atom stereocenters. The molecule has 1 aliphatic rings. The Labute approximate surface area is 115 Å². The maximum atomic E-state index is 12.6. The van der Waals surface area contributed by atoms with Gasteiger partial charge in [-0.15, -0.1) is 0 Å². The van der Waals surface area contributed by atoms with Crippen LogP contribution in [0.5, 0.6) is 0 Å². The monoisotopic (exact) mass is 292 g/mol. The lowest BCUT2D eigenvalue weighted by molar-refractivity contribution is -0.144. The predicted octanol–water partition coefficient (Wildman–Crippen LogP) is 0.991. The summed E-state index contributed by atoms with van der Waals surface area (Å²) in [5.74, 6) is -0.464. The van der Waals surface area contributed by atoms with E-state index in [-0.39, 0.29) is 0 Å². The average molecular weight is 292 g/mol. The van der Waals surface area contributed by atoms with E-state index in [9.17, 15) is 13.2 Å². The third-order valence-corrected chi connectivity index (χ3v) is 5.29. The summed E-state index contributed by atoms with van der Waals surface area (Å²) in [6.45, 7) is 5.26. The number of methoxy groups -OCH3 is 1. The molecule has 0 N–H and O–H groups in total. The fourth-order valence-electron chi connectivity index (χ4n) is 2.38. The number of carbonyl (C=O) groups excluding carboxylic acids is 1. The molecular weight excluding hydrogens is 268 g/mol. The summed E-state index contributed by atoms with van der Waals surface area (Å²) in [5, 5.41) is 0. The van der Waals surface area contributed by atoms with Gasteiger partial charge in [0.2, 0.25) is 0 Å². The molecule has 112 valence electrons. The van der Waals surface area contributed by atoms with Gasteiger partial charge in [0, 0.05) is 19.6 Å². The number of rotatable bonds is 7. The standard InChI is InChI=1S/C12H24N2O4S/c1-4-8-13(9-5-2)19(16,17)14-10-6-7-11(14)12(15)18-3/h11H,4-10H2,1-3H3. The highest BCUT2D eigenvalue weighted by molar-refractivity contribution is 7.86. The van der Waals surface area contributed by atoms with Crippen LogP contribution in [-0.2, 0) is 19.7 Å². The summed E-state index contributed by atoms with van der Waals surface area (Å²) in [6.07, 6.45) is 2.76. The molecule has 1 saturated heterocycles. The van der Waals surface area contributed by atoms with Crippen LogP contribution in [0, 0.1) is 0 Å². The van der Waals surface area contributed by atoms with Crippen LogP contribution in [0.4, 0.5) is 0 Å². The van der Waals surface area contributed by atoms with Gasteiger partial charge in [0.25, 0.3) is 10.2 Å². The molecule has 0 bridgehead atoms. The van der Waals surface area contributed by atoms with E-state index in [2.05, 4.69) is 0 Å². The minimum absolute atomic E-state index is 0.395.